The number of allylic oxidation sites excluding steroid dienone is 1. The monoisotopic (exact) mass is 655 g/mol. The molecule has 8 nitrogen and oxygen atoms in total. The maximum atomic E-state index is 14.4. The van der Waals surface area contributed by atoms with E-state index in [4.69, 9.17) is 9.72 Å². The van der Waals surface area contributed by atoms with Crippen molar-refractivity contribution in [2.75, 3.05) is 62.3 Å². The highest BCUT2D eigenvalue weighted by Crippen LogP contribution is 2.43. The molecule has 250 valence electrons. The molecule has 2 N–H and O–H groups in total. The van der Waals surface area contributed by atoms with Crippen LogP contribution in [0, 0.1) is 12.8 Å². The van der Waals surface area contributed by atoms with Crippen LogP contribution in [0.1, 0.15) is 55.1 Å². The van der Waals surface area contributed by atoms with Gasteiger partial charge < -0.3 is 29.9 Å². The first-order chi connectivity index (χ1) is 22.8. The summed E-state index contributed by atoms with van der Waals surface area (Å²) in [4.78, 5) is 27.1. The molecule has 2 aromatic carbocycles. The second-order valence-corrected chi connectivity index (χ2v) is 14.2. The molecule has 4 heterocycles. The van der Waals surface area contributed by atoms with Crippen LogP contribution in [0.5, 0.6) is 0 Å². The van der Waals surface area contributed by atoms with Crippen LogP contribution in [0.15, 0.2) is 59.8 Å². The Labute approximate surface area is 283 Å². The molecule has 6 rings (SSSR count). The molecule has 3 aromatic rings. The van der Waals surface area contributed by atoms with Crippen molar-refractivity contribution in [2.24, 2.45) is 5.92 Å². The highest BCUT2D eigenvalue weighted by Gasteiger charge is 2.37. The number of amides is 1. The van der Waals surface area contributed by atoms with Gasteiger partial charge in [0, 0.05) is 72.4 Å². The van der Waals surface area contributed by atoms with Crippen molar-refractivity contribution < 1.29 is 14.6 Å². The number of carbonyl (C=O) groups is 1. The van der Waals surface area contributed by atoms with E-state index in [9.17, 15) is 9.90 Å². The molecule has 9 heteroatoms. The number of nitrogens with zero attached hydrogens (tertiary/aromatic N) is 4. The van der Waals surface area contributed by atoms with E-state index in [-0.39, 0.29) is 11.8 Å². The molecular formula is C38H49N5O3S. The third-order valence-electron chi connectivity index (χ3n) is 9.43. The first kappa shape index (κ1) is 33.4. The van der Waals surface area contributed by atoms with E-state index in [1.54, 1.807) is 11.3 Å². The number of aliphatic hydroxyl groups excluding tert-OH is 1. The minimum Gasteiger partial charge on any atom is -0.378 e. The Kier molecular flexibility index (Phi) is 10.5. The van der Waals surface area contributed by atoms with Gasteiger partial charge in [-0.2, -0.15) is 0 Å². The second-order valence-electron chi connectivity index (χ2n) is 13.0. The zero-order valence-electron chi connectivity index (χ0n) is 28.5. The lowest BCUT2D eigenvalue weighted by molar-refractivity contribution is -0.127. The highest BCUT2D eigenvalue weighted by atomic mass is 32.1. The van der Waals surface area contributed by atoms with Crippen molar-refractivity contribution in [3.8, 4) is 11.3 Å². The van der Waals surface area contributed by atoms with Crippen LogP contribution in [0.2, 0.25) is 0 Å². The molecule has 1 atom stereocenters. The quantitative estimate of drug-likeness (QED) is 0.291. The second kappa shape index (κ2) is 14.7. The van der Waals surface area contributed by atoms with Crippen molar-refractivity contribution in [3.63, 3.8) is 0 Å². The van der Waals surface area contributed by atoms with Crippen molar-refractivity contribution in [3.05, 3.63) is 80.8 Å². The van der Waals surface area contributed by atoms with Gasteiger partial charge in [0.1, 0.15) is 5.01 Å². The van der Waals surface area contributed by atoms with Gasteiger partial charge >= 0.3 is 0 Å². The van der Waals surface area contributed by atoms with Crippen LogP contribution in [-0.4, -0.2) is 79.6 Å². The number of aryl methyl sites for hydroxylation is 3. The van der Waals surface area contributed by atoms with Crippen LogP contribution in [0.25, 0.3) is 16.8 Å². The third-order valence-corrected chi connectivity index (χ3v) is 10.4. The lowest BCUT2D eigenvalue weighted by Crippen LogP contribution is -2.48. The fraction of sp³-hybridized carbons (Fsp3) is 0.474. The summed E-state index contributed by atoms with van der Waals surface area (Å²) in [5.74, 6) is 0.310. The number of nitrogens with one attached hydrogen (secondary N) is 1. The Hall–Kier alpha value is -3.50. The Morgan fingerprint density at radius 3 is 2.30 bits per heavy atom. The molecule has 0 spiro atoms. The van der Waals surface area contributed by atoms with Crippen LogP contribution < -0.4 is 15.1 Å². The average Bonchev–Trinajstić information content (AvgIpc) is 3.49. The van der Waals surface area contributed by atoms with Gasteiger partial charge in [0.2, 0.25) is 0 Å². The molecule has 0 bridgehead atoms. The highest BCUT2D eigenvalue weighted by molar-refractivity contribution is 7.13. The number of carbonyl (C=O) groups excluding carboxylic acids is 1. The Morgan fingerprint density at radius 2 is 1.68 bits per heavy atom. The summed E-state index contributed by atoms with van der Waals surface area (Å²) in [7, 11) is 0. The lowest BCUT2D eigenvalue weighted by atomic mass is 9.91. The van der Waals surface area contributed by atoms with Crippen LogP contribution in [0.3, 0.4) is 0 Å². The van der Waals surface area contributed by atoms with E-state index >= 15 is 0 Å². The molecule has 2 fully saturated rings. The lowest BCUT2D eigenvalue weighted by Gasteiger charge is -2.41. The number of aromatic nitrogens is 1. The van der Waals surface area contributed by atoms with Crippen LogP contribution in [0.4, 0.5) is 11.4 Å². The van der Waals surface area contributed by atoms with Gasteiger partial charge in [-0.1, -0.05) is 58.0 Å². The van der Waals surface area contributed by atoms with Gasteiger partial charge in [0.15, 0.2) is 6.23 Å². The Bertz CT molecular complexity index is 1610. The van der Waals surface area contributed by atoms with Gasteiger partial charge in [-0.3, -0.25) is 4.79 Å². The van der Waals surface area contributed by atoms with Crippen molar-refractivity contribution in [1.29, 1.82) is 0 Å². The molecule has 3 aliphatic rings. The number of thiazole rings is 1. The fourth-order valence-electron chi connectivity index (χ4n) is 6.94. The maximum Gasteiger partial charge on any atom is 0.255 e. The topological polar surface area (TPSA) is 81.2 Å². The molecule has 0 radical (unpaired) electrons. The molecule has 1 amide bonds. The Morgan fingerprint density at radius 1 is 1.02 bits per heavy atom. The van der Waals surface area contributed by atoms with E-state index in [2.05, 4.69) is 92.2 Å². The number of anilines is 2. The number of hydrogen-bond donors (Lipinski definition) is 2. The molecule has 2 saturated heterocycles. The maximum absolute atomic E-state index is 14.4. The third kappa shape index (κ3) is 6.90. The minimum absolute atomic E-state index is 0.0239. The smallest absolute Gasteiger partial charge is 0.255 e. The Balaban J connectivity index is 1.47. The standard InChI is InChI=1S/C38H49N5O3S/c1-6-27-9-8-10-28(7-2)35(27)43-33(23-25(3)4)31(37(44)42-17-15-39-16-18-42)24-32(38(43)45)36-40-34(26(5)47-36)29-11-13-30(14-12-29)41-19-21-46-22-20-41/h8-14,24-25,38-39,45H,6-7,15-23H2,1-5H3. The summed E-state index contributed by atoms with van der Waals surface area (Å²) in [6.45, 7) is 16.9. The first-order valence-electron chi connectivity index (χ1n) is 17.2. The van der Waals surface area contributed by atoms with E-state index in [0.717, 1.165) is 95.9 Å². The summed E-state index contributed by atoms with van der Waals surface area (Å²) in [5.41, 5.74) is 8.72. The van der Waals surface area contributed by atoms with Crippen LogP contribution >= 0.6 is 11.3 Å². The zero-order valence-corrected chi connectivity index (χ0v) is 29.3. The van der Waals surface area contributed by atoms with Crippen LogP contribution in [-0.2, 0) is 22.4 Å². The molecular weight excluding hydrogens is 607 g/mol. The first-order valence-corrected chi connectivity index (χ1v) is 18.1. The molecule has 1 unspecified atom stereocenters. The van der Waals surface area contributed by atoms with Crippen molar-refractivity contribution in [1.82, 2.24) is 15.2 Å². The number of aliphatic hydroxyl groups is 1. The summed E-state index contributed by atoms with van der Waals surface area (Å²) >= 11 is 1.58. The number of ether oxygens (including phenoxy) is 1. The minimum atomic E-state index is -0.983. The summed E-state index contributed by atoms with van der Waals surface area (Å²) < 4.78 is 5.53. The average molecular weight is 656 g/mol. The number of morpholine rings is 1. The number of hydrogen-bond acceptors (Lipinski definition) is 8. The SMILES string of the molecule is CCc1cccc(CC)c1N1C(CC(C)C)=C(C(=O)N2CCNCC2)C=C(c2nc(-c3ccc(N4CCOCC4)cc3)c(C)s2)C1O. The van der Waals surface area contributed by atoms with E-state index in [0.29, 0.717) is 30.7 Å². The zero-order chi connectivity index (χ0) is 33.1. The molecule has 3 aliphatic heterocycles. The van der Waals surface area contributed by atoms with E-state index in [1.165, 1.54) is 5.69 Å². The molecule has 1 aromatic heterocycles. The predicted molar refractivity (Wildman–Crippen MR) is 193 cm³/mol. The van der Waals surface area contributed by atoms with Crippen molar-refractivity contribution in [2.45, 2.75) is 60.1 Å². The summed E-state index contributed by atoms with van der Waals surface area (Å²) in [5, 5.41) is 16.6. The normalized spacial score (nSPS) is 19.1. The number of benzene rings is 2. The van der Waals surface area contributed by atoms with Crippen molar-refractivity contribution >= 4 is 34.2 Å². The van der Waals surface area contributed by atoms with E-state index in [1.807, 2.05) is 11.0 Å². The molecule has 0 aliphatic carbocycles. The van der Waals surface area contributed by atoms with E-state index < -0.39 is 6.23 Å². The largest absolute Gasteiger partial charge is 0.378 e. The summed E-state index contributed by atoms with van der Waals surface area (Å²) in [6.07, 6.45) is 3.29. The van der Waals surface area contributed by atoms with Gasteiger partial charge in [-0.05, 0) is 61.4 Å². The van der Waals surface area contributed by atoms with Gasteiger partial charge in [0.25, 0.3) is 5.91 Å². The number of piperazine rings is 1. The van der Waals surface area contributed by atoms with Gasteiger partial charge in [-0.25, -0.2) is 4.98 Å². The number of rotatable bonds is 9. The van der Waals surface area contributed by atoms with Gasteiger partial charge in [0.05, 0.1) is 24.5 Å². The molecule has 0 saturated carbocycles. The fourth-order valence-corrected chi connectivity index (χ4v) is 7.91. The number of para-hydroxylation sites is 1. The predicted octanol–water partition coefficient (Wildman–Crippen LogP) is 6.03. The molecule has 47 heavy (non-hydrogen) atoms. The summed E-state index contributed by atoms with van der Waals surface area (Å²) in [6, 6.07) is 15.0. The van der Waals surface area contributed by atoms with Gasteiger partial charge in [-0.15, -0.1) is 11.3 Å².